The van der Waals surface area contributed by atoms with Crippen LogP contribution in [0, 0.1) is 0 Å². The minimum Gasteiger partial charge on any atom is -0.508 e. The molecule has 6 nitrogen and oxygen atoms in total. The predicted molar refractivity (Wildman–Crippen MR) is 118 cm³/mol. The first-order chi connectivity index (χ1) is 14.7. The minimum absolute atomic E-state index is 0.247. The maximum absolute atomic E-state index is 9.37. The number of aromatic nitrogens is 3. The van der Waals surface area contributed by atoms with Gasteiger partial charge in [0.05, 0.1) is 11.7 Å². The first-order valence-electron chi connectivity index (χ1n) is 9.80. The van der Waals surface area contributed by atoms with Crippen LogP contribution in [0.3, 0.4) is 0 Å². The highest BCUT2D eigenvalue weighted by molar-refractivity contribution is 5.61. The fraction of sp³-hybridized carbons (Fsp3) is 0.125. The number of hydrogen-bond acceptors (Lipinski definition) is 6. The average Bonchev–Trinajstić information content (AvgIpc) is 2.81. The lowest BCUT2D eigenvalue weighted by atomic mass is 9.98. The van der Waals surface area contributed by atoms with E-state index < -0.39 is 0 Å². The van der Waals surface area contributed by atoms with Crippen molar-refractivity contribution >= 4 is 5.95 Å². The molecular formula is C24H23N5O. The summed E-state index contributed by atoms with van der Waals surface area (Å²) in [7, 11) is 0. The number of nitrogens with two attached hydrogens (primary N) is 1. The predicted octanol–water partition coefficient (Wildman–Crippen LogP) is 3.95. The van der Waals surface area contributed by atoms with Gasteiger partial charge >= 0.3 is 0 Å². The fourth-order valence-corrected chi connectivity index (χ4v) is 3.23. The number of aromatic hydroxyl groups is 1. The number of hydrogen-bond donors (Lipinski definition) is 3. The quantitative estimate of drug-likeness (QED) is 0.437. The molecule has 2 heterocycles. The van der Waals surface area contributed by atoms with Gasteiger partial charge in [-0.2, -0.15) is 0 Å². The first-order valence-corrected chi connectivity index (χ1v) is 9.80. The number of nitrogens with zero attached hydrogens (tertiary/aromatic N) is 3. The Morgan fingerprint density at radius 2 is 1.77 bits per heavy atom. The Balaban J connectivity index is 1.46. The molecule has 0 aliphatic heterocycles. The van der Waals surface area contributed by atoms with Crippen LogP contribution in [-0.4, -0.2) is 26.6 Å². The fourth-order valence-electron chi connectivity index (χ4n) is 3.23. The highest BCUT2D eigenvalue weighted by Gasteiger charge is 2.11. The van der Waals surface area contributed by atoms with Crippen molar-refractivity contribution in [3.8, 4) is 17.0 Å². The second-order valence-corrected chi connectivity index (χ2v) is 7.00. The number of anilines is 1. The van der Waals surface area contributed by atoms with Gasteiger partial charge in [-0.05, 0) is 53.4 Å². The summed E-state index contributed by atoms with van der Waals surface area (Å²) in [5.41, 5.74) is 11.3. The van der Waals surface area contributed by atoms with Gasteiger partial charge in [0.25, 0.3) is 0 Å². The second kappa shape index (κ2) is 9.15. The van der Waals surface area contributed by atoms with Crippen molar-refractivity contribution in [2.75, 3.05) is 11.9 Å². The number of nitrogens with one attached hydrogen (secondary N) is 1. The number of phenols is 1. The molecule has 1 atom stereocenters. The Kier molecular flexibility index (Phi) is 5.96. The topological polar surface area (TPSA) is 97.0 Å². The molecule has 0 aliphatic carbocycles. The highest BCUT2D eigenvalue weighted by Crippen LogP contribution is 2.24. The smallest absolute Gasteiger partial charge is 0.223 e. The van der Waals surface area contributed by atoms with Crippen LogP contribution >= 0.6 is 0 Å². The Bertz CT molecular complexity index is 1100. The van der Waals surface area contributed by atoms with E-state index in [0.29, 0.717) is 12.5 Å². The van der Waals surface area contributed by atoms with Crippen LogP contribution in [-0.2, 0) is 6.42 Å². The van der Waals surface area contributed by atoms with Crippen LogP contribution < -0.4 is 11.1 Å². The second-order valence-electron chi connectivity index (χ2n) is 7.00. The lowest BCUT2D eigenvalue weighted by molar-refractivity contribution is 0.475. The number of phenolic OH excluding ortho intramolecular Hbond substituents is 1. The van der Waals surface area contributed by atoms with Crippen LogP contribution in [0.15, 0.2) is 85.3 Å². The summed E-state index contributed by atoms with van der Waals surface area (Å²) in [6, 6.07) is 20.8. The van der Waals surface area contributed by atoms with Crippen LogP contribution in [0.1, 0.15) is 22.7 Å². The van der Waals surface area contributed by atoms with Gasteiger partial charge in [-0.1, -0.05) is 36.4 Å². The third kappa shape index (κ3) is 4.79. The van der Waals surface area contributed by atoms with Crippen LogP contribution in [0.4, 0.5) is 5.95 Å². The summed E-state index contributed by atoms with van der Waals surface area (Å²) in [5.74, 6) is 0.849. The molecule has 0 spiro atoms. The largest absolute Gasteiger partial charge is 0.508 e. The molecule has 0 amide bonds. The van der Waals surface area contributed by atoms with Gasteiger partial charge in [0.2, 0.25) is 5.95 Å². The molecule has 6 heteroatoms. The maximum atomic E-state index is 9.37. The molecule has 4 rings (SSSR count). The molecule has 0 saturated heterocycles. The lowest BCUT2D eigenvalue weighted by Gasteiger charge is -2.13. The average molecular weight is 397 g/mol. The van der Waals surface area contributed by atoms with Crippen LogP contribution in [0.2, 0.25) is 0 Å². The summed E-state index contributed by atoms with van der Waals surface area (Å²) in [6.45, 7) is 0.695. The van der Waals surface area contributed by atoms with Crippen molar-refractivity contribution in [3.05, 3.63) is 102 Å². The number of pyridine rings is 1. The van der Waals surface area contributed by atoms with E-state index in [1.54, 1.807) is 30.7 Å². The zero-order valence-electron chi connectivity index (χ0n) is 16.4. The van der Waals surface area contributed by atoms with Crippen molar-refractivity contribution in [1.82, 2.24) is 15.0 Å². The summed E-state index contributed by atoms with van der Waals surface area (Å²) in [6.07, 6.45) is 6.09. The molecule has 150 valence electrons. The monoisotopic (exact) mass is 397 g/mol. The van der Waals surface area contributed by atoms with Crippen molar-refractivity contribution in [3.63, 3.8) is 0 Å². The maximum Gasteiger partial charge on any atom is 0.223 e. The Morgan fingerprint density at radius 3 is 2.57 bits per heavy atom. The molecule has 0 fully saturated rings. The summed E-state index contributed by atoms with van der Waals surface area (Å²) < 4.78 is 0. The van der Waals surface area contributed by atoms with E-state index in [0.717, 1.165) is 34.4 Å². The van der Waals surface area contributed by atoms with Crippen molar-refractivity contribution in [2.24, 2.45) is 5.73 Å². The van der Waals surface area contributed by atoms with Gasteiger partial charge in [-0.25, -0.2) is 9.97 Å². The molecule has 0 radical (unpaired) electrons. The van der Waals surface area contributed by atoms with E-state index in [9.17, 15) is 5.11 Å². The molecule has 30 heavy (non-hydrogen) atoms. The lowest BCUT2D eigenvalue weighted by Crippen LogP contribution is -2.12. The van der Waals surface area contributed by atoms with Crippen molar-refractivity contribution < 1.29 is 5.11 Å². The minimum atomic E-state index is -0.247. The van der Waals surface area contributed by atoms with Gasteiger partial charge in [-0.3, -0.25) is 4.98 Å². The van der Waals surface area contributed by atoms with Gasteiger partial charge in [0.15, 0.2) is 0 Å². The first kappa shape index (κ1) is 19.5. The van der Waals surface area contributed by atoms with E-state index >= 15 is 0 Å². The van der Waals surface area contributed by atoms with Crippen molar-refractivity contribution in [2.45, 2.75) is 12.5 Å². The Labute approximate surface area is 175 Å². The van der Waals surface area contributed by atoms with E-state index in [1.807, 2.05) is 48.5 Å². The zero-order valence-corrected chi connectivity index (χ0v) is 16.4. The standard InChI is InChI=1S/C24H23N5O/c25-23(20-5-2-12-26-16-20)19-4-1-3-18(15-19)22-11-14-28-24(29-22)27-13-10-17-6-8-21(30)9-7-17/h1-9,11-12,14-16,23,30H,10,13,25H2,(H,27,28,29). The molecule has 2 aromatic carbocycles. The van der Waals surface area contributed by atoms with Gasteiger partial charge < -0.3 is 16.2 Å². The normalized spacial score (nSPS) is 11.8. The van der Waals surface area contributed by atoms with E-state index in [4.69, 9.17) is 5.73 Å². The molecule has 4 aromatic rings. The Morgan fingerprint density at radius 1 is 0.933 bits per heavy atom. The molecule has 2 aromatic heterocycles. The van der Waals surface area contributed by atoms with Crippen LogP contribution in [0.25, 0.3) is 11.3 Å². The number of benzene rings is 2. The van der Waals surface area contributed by atoms with Gasteiger partial charge in [-0.15, -0.1) is 0 Å². The number of rotatable bonds is 7. The van der Waals surface area contributed by atoms with Crippen molar-refractivity contribution in [1.29, 1.82) is 0 Å². The molecule has 0 bridgehead atoms. The summed E-state index contributed by atoms with van der Waals surface area (Å²) in [5, 5.41) is 12.6. The molecule has 1 unspecified atom stereocenters. The molecular weight excluding hydrogens is 374 g/mol. The molecule has 4 N–H and O–H groups in total. The SMILES string of the molecule is NC(c1cccnc1)c1cccc(-c2ccnc(NCCc3ccc(O)cc3)n2)c1. The molecule has 0 saturated carbocycles. The third-order valence-electron chi connectivity index (χ3n) is 4.87. The zero-order chi connectivity index (χ0) is 20.8. The third-order valence-corrected chi connectivity index (χ3v) is 4.87. The van der Waals surface area contributed by atoms with E-state index in [-0.39, 0.29) is 11.8 Å². The summed E-state index contributed by atoms with van der Waals surface area (Å²) >= 11 is 0. The van der Waals surface area contributed by atoms with Gasteiger partial charge in [0.1, 0.15) is 5.75 Å². The van der Waals surface area contributed by atoms with E-state index in [2.05, 4.69) is 26.3 Å². The van der Waals surface area contributed by atoms with E-state index in [1.165, 1.54) is 0 Å². The Hall–Kier alpha value is -3.77. The summed E-state index contributed by atoms with van der Waals surface area (Å²) in [4.78, 5) is 13.1. The van der Waals surface area contributed by atoms with Gasteiger partial charge in [0, 0.05) is 30.7 Å². The highest BCUT2D eigenvalue weighted by atomic mass is 16.3. The van der Waals surface area contributed by atoms with Crippen LogP contribution in [0.5, 0.6) is 5.75 Å². The molecule has 0 aliphatic rings.